The maximum Gasteiger partial charge on any atom is 0.489 e. The predicted octanol–water partition coefficient (Wildman–Crippen LogP) is 0.815. The van der Waals surface area contributed by atoms with E-state index in [4.69, 9.17) is 0 Å². The molecule has 0 aromatic heterocycles. The summed E-state index contributed by atoms with van der Waals surface area (Å²) in [4.78, 5) is 0. The van der Waals surface area contributed by atoms with Crippen molar-refractivity contribution in [3.05, 3.63) is 35.4 Å². The van der Waals surface area contributed by atoms with Gasteiger partial charge in [-0.1, -0.05) is 18.2 Å². The van der Waals surface area contributed by atoms with Crippen molar-refractivity contribution in [2.75, 3.05) is 21.1 Å². The van der Waals surface area contributed by atoms with E-state index in [2.05, 4.69) is 33.3 Å². The standard InChI is InChI=1S/C15H19BNO2/c1-17(2,3)13-9-7-11-5-4-10-6-8-12(16(18)19)15(13)14(10)11/h6-9,18-19H,4-5H2,1-3H3/q+1. The van der Waals surface area contributed by atoms with E-state index < -0.39 is 7.12 Å². The first-order chi connectivity index (χ1) is 8.89. The molecular weight excluding hydrogens is 237 g/mol. The van der Waals surface area contributed by atoms with Gasteiger partial charge in [-0.3, -0.25) is 4.48 Å². The molecule has 0 unspecified atom stereocenters. The fourth-order valence-corrected chi connectivity index (χ4v) is 3.11. The molecule has 19 heavy (non-hydrogen) atoms. The highest BCUT2D eigenvalue weighted by Crippen LogP contribution is 2.36. The summed E-state index contributed by atoms with van der Waals surface area (Å²) in [6, 6.07) is 8.20. The molecule has 0 radical (unpaired) electrons. The number of rotatable bonds is 2. The van der Waals surface area contributed by atoms with Crippen LogP contribution in [0.5, 0.6) is 0 Å². The van der Waals surface area contributed by atoms with Crippen molar-refractivity contribution < 1.29 is 10.0 Å². The molecule has 0 aliphatic heterocycles. The van der Waals surface area contributed by atoms with Crippen LogP contribution in [0, 0.1) is 0 Å². The normalized spacial score (nSPS) is 14.2. The lowest BCUT2D eigenvalue weighted by Crippen LogP contribution is -2.38. The number of hydrogen-bond donors (Lipinski definition) is 2. The predicted molar refractivity (Wildman–Crippen MR) is 80.7 cm³/mol. The van der Waals surface area contributed by atoms with Gasteiger partial charge in [-0.25, -0.2) is 0 Å². The first-order valence-corrected chi connectivity index (χ1v) is 6.65. The van der Waals surface area contributed by atoms with Crippen molar-refractivity contribution in [1.29, 1.82) is 0 Å². The third-order valence-electron chi connectivity index (χ3n) is 4.01. The Morgan fingerprint density at radius 1 is 0.895 bits per heavy atom. The minimum Gasteiger partial charge on any atom is -0.423 e. The Morgan fingerprint density at radius 3 is 2.00 bits per heavy atom. The first-order valence-electron chi connectivity index (χ1n) is 6.65. The van der Waals surface area contributed by atoms with Crippen LogP contribution in [0.1, 0.15) is 11.1 Å². The van der Waals surface area contributed by atoms with Crippen molar-refractivity contribution in [3.63, 3.8) is 0 Å². The molecule has 4 heteroatoms. The van der Waals surface area contributed by atoms with Gasteiger partial charge in [-0.15, -0.1) is 0 Å². The fourth-order valence-electron chi connectivity index (χ4n) is 3.11. The Hall–Kier alpha value is -1.36. The lowest BCUT2D eigenvalue weighted by molar-refractivity contribution is 0.426. The molecule has 98 valence electrons. The molecule has 0 fully saturated rings. The monoisotopic (exact) mass is 256 g/mol. The van der Waals surface area contributed by atoms with Crippen LogP contribution in [0.15, 0.2) is 24.3 Å². The Balaban J connectivity index is 2.47. The second-order valence-electron chi connectivity index (χ2n) is 6.19. The van der Waals surface area contributed by atoms with E-state index >= 15 is 0 Å². The average Bonchev–Trinajstić information content (AvgIpc) is 2.73. The minimum absolute atomic E-state index is 0.616. The quantitative estimate of drug-likeness (QED) is 0.616. The molecule has 0 saturated heterocycles. The van der Waals surface area contributed by atoms with Gasteiger partial charge in [0.1, 0.15) is 5.69 Å². The van der Waals surface area contributed by atoms with E-state index in [1.54, 1.807) is 0 Å². The third kappa shape index (κ3) is 1.87. The Kier molecular flexibility index (Phi) is 2.71. The van der Waals surface area contributed by atoms with Crippen LogP contribution in [-0.4, -0.2) is 38.3 Å². The lowest BCUT2D eigenvalue weighted by atomic mass is 9.75. The highest BCUT2D eigenvalue weighted by Gasteiger charge is 2.27. The molecule has 1 aliphatic carbocycles. The van der Waals surface area contributed by atoms with Crippen LogP contribution in [0.2, 0.25) is 0 Å². The molecule has 0 atom stereocenters. The van der Waals surface area contributed by atoms with Crippen LogP contribution in [0.4, 0.5) is 5.69 Å². The third-order valence-corrected chi connectivity index (χ3v) is 4.01. The largest absolute Gasteiger partial charge is 0.489 e. The van der Waals surface area contributed by atoms with Gasteiger partial charge in [0.15, 0.2) is 0 Å². The van der Waals surface area contributed by atoms with Gasteiger partial charge in [0.05, 0.1) is 21.1 Å². The maximum atomic E-state index is 9.66. The van der Waals surface area contributed by atoms with E-state index in [0.29, 0.717) is 9.95 Å². The molecule has 0 saturated carbocycles. The van der Waals surface area contributed by atoms with E-state index in [1.165, 1.54) is 16.5 Å². The van der Waals surface area contributed by atoms with Crippen LogP contribution in [0.3, 0.4) is 0 Å². The second-order valence-corrected chi connectivity index (χ2v) is 6.19. The van der Waals surface area contributed by atoms with Gasteiger partial charge in [0.2, 0.25) is 0 Å². The summed E-state index contributed by atoms with van der Waals surface area (Å²) in [5, 5.41) is 21.6. The molecule has 0 spiro atoms. The average molecular weight is 256 g/mol. The molecule has 0 bridgehead atoms. The molecule has 2 aromatic carbocycles. The van der Waals surface area contributed by atoms with Crippen molar-refractivity contribution in [3.8, 4) is 0 Å². The zero-order valence-electron chi connectivity index (χ0n) is 11.6. The fraction of sp³-hybridized carbons (Fsp3) is 0.333. The summed E-state index contributed by atoms with van der Waals surface area (Å²) in [5.41, 5.74) is 4.39. The van der Waals surface area contributed by atoms with Crippen LogP contribution in [-0.2, 0) is 12.8 Å². The SMILES string of the molecule is C[N+](C)(C)c1ccc2c3c(ccc(B(O)O)c13)CC2. The van der Waals surface area contributed by atoms with E-state index in [9.17, 15) is 10.0 Å². The first kappa shape index (κ1) is 12.7. The van der Waals surface area contributed by atoms with Gasteiger partial charge < -0.3 is 10.0 Å². The van der Waals surface area contributed by atoms with Crippen molar-refractivity contribution in [2.45, 2.75) is 12.8 Å². The van der Waals surface area contributed by atoms with Crippen LogP contribution >= 0.6 is 0 Å². The smallest absolute Gasteiger partial charge is 0.423 e. The molecule has 2 N–H and O–H groups in total. The highest BCUT2D eigenvalue weighted by molar-refractivity contribution is 6.62. The maximum absolute atomic E-state index is 9.66. The number of aryl methyl sites for hydroxylation is 2. The number of hydrogen-bond acceptors (Lipinski definition) is 2. The van der Waals surface area contributed by atoms with Crippen LogP contribution in [0.25, 0.3) is 10.8 Å². The molecular formula is C15H19BNO2+. The molecule has 2 aromatic rings. The van der Waals surface area contributed by atoms with E-state index in [1.807, 2.05) is 12.1 Å². The number of nitrogens with zero attached hydrogens (tertiary/aromatic N) is 1. The molecule has 3 rings (SSSR count). The van der Waals surface area contributed by atoms with Crippen LogP contribution < -0.4 is 9.95 Å². The van der Waals surface area contributed by atoms with Gasteiger partial charge in [0.25, 0.3) is 0 Å². The van der Waals surface area contributed by atoms with Crippen molar-refractivity contribution in [2.24, 2.45) is 0 Å². The Bertz CT molecular complexity index is 649. The summed E-state index contributed by atoms with van der Waals surface area (Å²) in [6.45, 7) is 0. The summed E-state index contributed by atoms with van der Waals surface area (Å²) in [5.74, 6) is 0. The lowest BCUT2D eigenvalue weighted by Gasteiger charge is -2.26. The van der Waals surface area contributed by atoms with Gasteiger partial charge in [-0.2, -0.15) is 0 Å². The second kappa shape index (κ2) is 4.07. The zero-order valence-corrected chi connectivity index (χ0v) is 11.6. The molecule has 0 heterocycles. The Labute approximate surface area is 113 Å². The van der Waals surface area contributed by atoms with E-state index in [0.717, 1.165) is 23.9 Å². The van der Waals surface area contributed by atoms with Crippen molar-refractivity contribution in [1.82, 2.24) is 4.48 Å². The zero-order chi connectivity index (χ0) is 13.8. The van der Waals surface area contributed by atoms with Gasteiger partial charge >= 0.3 is 7.12 Å². The van der Waals surface area contributed by atoms with Gasteiger partial charge in [0, 0.05) is 11.5 Å². The van der Waals surface area contributed by atoms with E-state index in [-0.39, 0.29) is 0 Å². The summed E-state index contributed by atoms with van der Waals surface area (Å²) < 4.78 is 0.667. The highest BCUT2D eigenvalue weighted by atomic mass is 16.4. The summed E-state index contributed by atoms with van der Waals surface area (Å²) >= 11 is 0. The number of quaternary nitrogens is 1. The van der Waals surface area contributed by atoms with Gasteiger partial charge in [-0.05, 0) is 34.8 Å². The molecule has 3 nitrogen and oxygen atoms in total. The summed E-state index contributed by atoms with van der Waals surface area (Å²) in [7, 11) is 4.89. The topological polar surface area (TPSA) is 40.5 Å². The Morgan fingerprint density at radius 2 is 1.47 bits per heavy atom. The minimum atomic E-state index is -1.42. The molecule has 1 aliphatic rings. The summed E-state index contributed by atoms with van der Waals surface area (Å²) in [6.07, 6.45) is 2.10. The van der Waals surface area contributed by atoms with Crippen molar-refractivity contribution >= 4 is 29.0 Å². The molecule has 0 amide bonds. The number of benzene rings is 2.